The van der Waals surface area contributed by atoms with Crippen LogP contribution < -0.4 is 4.90 Å². The highest BCUT2D eigenvalue weighted by Crippen LogP contribution is 2.26. The first kappa shape index (κ1) is 13.0. The Bertz CT molecular complexity index is 329. The van der Waals surface area contributed by atoms with Gasteiger partial charge in [-0.05, 0) is 31.5 Å². The van der Waals surface area contributed by atoms with E-state index in [1.165, 1.54) is 11.3 Å². The highest BCUT2D eigenvalue weighted by Gasteiger charge is 2.19. The van der Waals surface area contributed by atoms with E-state index in [1.54, 1.807) is 0 Å². The molecule has 0 amide bonds. The number of aliphatic hydroxyl groups excluding tert-OH is 1. The summed E-state index contributed by atoms with van der Waals surface area (Å²) in [5.41, 5.74) is 2.27. The maximum atomic E-state index is 9.38. The summed E-state index contributed by atoms with van der Waals surface area (Å²) in [5.74, 6) is 0. The molecule has 16 heavy (non-hydrogen) atoms. The molecule has 0 saturated heterocycles. The Morgan fingerprint density at radius 1 is 1.19 bits per heavy atom. The van der Waals surface area contributed by atoms with Crippen molar-refractivity contribution in [2.75, 3.05) is 24.6 Å². The van der Waals surface area contributed by atoms with E-state index in [4.69, 9.17) is 0 Å². The topological polar surface area (TPSA) is 23.5 Å². The lowest BCUT2D eigenvalue weighted by atomic mass is 9.85. The molecule has 0 aliphatic carbocycles. The van der Waals surface area contributed by atoms with Crippen LogP contribution in [-0.2, 0) is 5.41 Å². The van der Waals surface area contributed by atoms with E-state index in [1.807, 2.05) is 0 Å². The molecule has 1 aromatic carbocycles. The summed E-state index contributed by atoms with van der Waals surface area (Å²) in [6, 6.07) is 8.47. The fraction of sp³-hybridized carbons (Fsp3) is 0.571. The summed E-state index contributed by atoms with van der Waals surface area (Å²) in [4.78, 5) is 2.32. The smallest absolute Gasteiger partial charge is 0.0522 e. The minimum Gasteiger partial charge on any atom is -0.395 e. The molecule has 90 valence electrons. The van der Waals surface area contributed by atoms with Crippen LogP contribution in [0.5, 0.6) is 0 Å². The Kier molecular flexibility index (Phi) is 4.36. The van der Waals surface area contributed by atoms with Gasteiger partial charge in [0.05, 0.1) is 6.61 Å². The second-order valence-electron chi connectivity index (χ2n) is 4.76. The SMILES string of the molecule is CCN(CC)c1cccc(C(C)(C)CO)c1. The van der Waals surface area contributed by atoms with E-state index in [0.717, 1.165) is 13.1 Å². The van der Waals surface area contributed by atoms with Crippen LogP contribution in [0.2, 0.25) is 0 Å². The summed E-state index contributed by atoms with van der Waals surface area (Å²) in [6.45, 7) is 10.6. The van der Waals surface area contributed by atoms with Crippen molar-refractivity contribution in [2.24, 2.45) is 0 Å². The van der Waals surface area contributed by atoms with Crippen molar-refractivity contribution in [2.45, 2.75) is 33.1 Å². The van der Waals surface area contributed by atoms with Gasteiger partial charge in [0, 0.05) is 24.2 Å². The number of rotatable bonds is 5. The van der Waals surface area contributed by atoms with Crippen LogP contribution in [0, 0.1) is 0 Å². The van der Waals surface area contributed by atoms with Crippen LogP contribution in [0.15, 0.2) is 24.3 Å². The zero-order chi connectivity index (χ0) is 12.2. The fourth-order valence-corrected chi connectivity index (χ4v) is 1.80. The molecular weight excluding hydrogens is 198 g/mol. The number of nitrogens with zero attached hydrogens (tertiary/aromatic N) is 1. The van der Waals surface area contributed by atoms with Gasteiger partial charge in [0.25, 0.3) is 0 Å². The molecule has 0 fully saturated rings. The third-order valence-electron chi connectivity index (χ3n) is 3.15. The molecule has 0 aromatic heterocycles. The molecule has 0 saturated carbocycles. The monoisotopic (exact) mass is 221 g/mol. The summed E-state index contributed by atoms with van der Waals surface area (Å²) in [7, 11) is 0. The third-order valence-corrected chi connectivity index (χ3v) is 3.15. The van der Waals surface area contributed by atoms with E-state index in [0.29, 0.717) is 0 Å². The quantitative estimate of drug-likeness (QED) is 0.826. The number of hydrogen-bond donors (Lipinski definition) is 1. The van der Waals surface area contributed by atoms with Crippen molar-refractivity contribution in [3.8, 4) is 0 Å². The van der Waals surface area contributed by atoms with E-state index in [-0.39, 0.29) is 12.0 Å². The van der Waals surface area contributed by atoms with E-state index < -0.39 is 0 Å². The second kappa shape index (κ2) is 5.35. The molecule has 1 N–H and O–H groups in total. The summed E-state index contributed by atoms with van der Waals surface area (Å²) >= 11 is 0. The van der Waals surface area contributed by atoms with Gasteiger partial charge in [-0.15, -0.1) is 0 Å². The minimum absolute atomic E-state index is 0.164. The molecule has 2 heteroatoms. The molecule has 0 aliphatic heterocycles. The average molecular weight is 221 g/mol. The van der Waals surface area contributed by atoms with Gasteiger partial charge < -0.3 is 10.0 Å². The van der Waals surface area contributed by atoms with Crippen LogP contribution in [0.4, 0.5) is 5.69 Å². The summed E-state index contributed by atoms with van der Waals surface area (Å²) < 4.78 is 0. The van der Waals surface area contributed by atoms with Crippen LogP contribution in [0.25, 0.3) is 0 Å². The van der Waals surface area contributed by atoms with Gasteiger partial charge in [-0.1, -0.05) is 26.0 Å². The second-order valence-corrected chi connectivity index (χ2v) is 4.76. The standard InChI is InChI=1S/C14H23NO/c1-5-15(6-2)13-9-7-8-12(10-13)14(3,4)11-16/h7-10,16H,5-6,11H2,1-4H3. The molecule has 0 bridgehead atoms. The molecular formula is C14H23NO. The summed E-state index contributed by atoms with van der Waals surface area (Å²) in [5, 5.41) is 9.38. The van der Waals surface area contributed by atoms with Crippen LogP contribution in [0.3, 0.4) is 0 Å². The van der Waals surface area contributed by atoms with Gasteiger partial charge in [-0.2, -0.15) is 0 Å². The predicted molar refractivity (Wildman–Crippen MR) is 70.1 cm³/mol. The van der Waals surface area contributed by atoms with Crippen LogP contribution in [-0.4, -0.2) is 24.8 Å². The van der Waals surface area contributed by atoms with E-state index >= 15 is 0 Å². The maximum Gasteiger partial charge on any atom is 0.0522 e. The number of benzene rings is 1. The van der Waals surface area contributed by atoms with E-state index in [9.17, 15) is 5.11 Å². The van der Waals surface area contributed by atoms with Gasteiger partial charge in [0.2, 0.25) is 0 Å². The van der Waals surface area contributed by atoms with Crippen molar-refractivity contribution in [1.82, 2.24) is 0 Å². The normalized spacial score (nSPS) is 11.6. The Morgan fingerprint density at radius 2 is 1.81 bits per heavy atom. The Balaban J connectivity index is 3.03. The average Bonchev–Trinajstić information content (AvgIpc) is 2.31. The molecule has 0 unspecified atom stereocenters. The molecule has 1 rings (SSSR count). The molecule has 0 atom stereocenters. The lowest BCUT2D eigenvalue weighted by molar-refractivity contribution is 0.218. The van der Waals surface area contributed by atoms with Gasteiger partial charge in [0.1, 0.15) is 0 Å². The molecule has 0 aliphatic rings. The lowest BCUT2D eigenvalue weighted by Gasteiger charge is -2.26. The first-order valence-electron chi connectivity index (χ1n) is 6.01. The van der Waals surface area contributed by atoms with Crippen molar-refractivity contribution < 1.29 is 5.11 Å². The molecule has 0 heterocycles. The zero-order valence-electron chi connectivity index (χ0n) is 10.8. The van der Waals surface area contributed by atoms with E-state index in [2.05, 4.69) is 56.9 Å². The minimum atomic E-state index is -0.164. The first-order valence-corrected chi connectivity index (χ1v) is 6.01. The van der Waals surface area contributed by atoms with Crippen molar-refractivity contribution in [3.05, 3.63) is 29.8 Å². The Morgan fingerprint density at radius 3 is 2.31 bits per heavy atom. The number of hydrogen-bond acceptors (Lipinski definition) is 2. The van der Waals surface area contributed by atoms with Gasteiger partial charge >= 0.3 is 0 Å². The van der Waals surface area contributed by atoms with Gasteiger partial charge in [-0.25, -0.2) is 0 Å². The largest absolute Gasteiger partial charge is 0.395 e. The molecule has 1 aromatic rings. The highest BCUT2D eigenvalue weighted by molar-refractivity contribution is 5.49. The zero-order valence-corrected chi connectivity index (χ0v) is 10.8. The Labute approximate surface area is 98.9 Å². The third kappa shape index (κ3) is 2.76. The molecule has 0 spiro atoms. The predicted octanol–water partition coefficient (Wildman–Crippen LogP) is 2.80. The van der Waals surface area contributed by atoms with Crippen molar-refractivity contribution in [3.63, 3.8) is 0 Å². The first-order chi connectivity index (χ1) is 7.55. The van der Waals surface area contributed by atoms with Crippen molar-refractivity contribution in [1.29, 1.82) is 0 Å². The maximum absolute atomic E-state index is 9.38. The van der Waals surface area contributed by atoms with Crippen molar-refractivity contribution >= 4 is 5.69 Å². The number of aliphatic hydroxyl groups is 1. The number of anilines is 1. The Hall–Kier alpha value is -1.02. The molecule has 0 radical (unpaired) electrons. The molecule has 2 nitrogen and oxygen atoms in total. The highest BCUT2D eigenvalue weighted by atomic mass is 16.3. The van der Waals surface area contributed by atoms with Crippen LogP contribution >= 0.6 is 0 Å². The fourth-order valence-electron chi connectivity index (χ4n) is 1.80. The van der Waals surface area contributed by atoms with Gasteiger partial charge in [0.15, 0.2) is 0 Å². The summed E-state index contributed by atoms with van der Waals surface area (Å²) in [6.07, 6.45) is 0. The van der Waals surface area contributed by atoms with Crippen LogP contribution in [0.1, 0.15) is 33.3 Å². The lowest BCUT2D eigenvalue weighted by Crippen LogP contribution is -2.25. The van der Waals surface area contributed by atoms with Gasteiger partial charge in [-0.3, -0.25) is 0 Å².